The van der Waals surface area contributed by atoms with Gasteiger partial charge in [-0.05, 0) is 60.3 Å². The maximum atomic E-state index is 11.7. The summed E-state index contributed by atoms with van der Waals surface area (Å²) in [6.45, 7) is 21.3. The van der Waals surface area contributed by atoms with E-state index in [1.165, 1.54) is 41.3 Å². The Morgan fingerprint density at radius 2 is 1.47 bits per heavy atom. The molecule has 2 nitrogen and oxygen atoms in total. The number of unbranched alkanes of at least 4 members (excludes halogenated alkanes) is 2. The van der Waals surface area contributed by atoms with Gasteiger partial charge in [0.05, 0.1) is 0 Å². The van der Waals surface area contributed by atoms with Crippen LogP contribution in [0.1, 0.15) is 109 Å². The summed E-state index contributed by atoms with van der Waals surface area (Å²) in [4.78, 5) is 2.26. The number of hydrogen-bond donors (Lipinski definition) is 1. The van der Waals surface area contributed by atoms with E-state index in [0.29, 0.717) is 14.3 Å². The van der Waals surface area contributed by atoms with Crippen molar-refractivity contribution < 1.29 is 5.11 Å². The minimum absolute atomic E-state index is 0.0236. The van der Waals surface area contributed by atoms with E-state index in [4.69, 9.17) is 0 Å². The van der Waals surface area contributed by atoms with Gasteiger partial charge in [0.1, 0.15) is 5.75 Å². The molecule has 0 aliphatic rings. The molecule has 0 saturated carbocycles. The Morgan fingerprint density at radius 1 is 0.853 bits per heavy atom. The van der Waals surface area contributed by atoms with Gasteiger partial charge in [0.15, 0.2) is 0 Å². The number of phenols is 1. The average molecular weight is 484 g/mol. The highest BCUT2D eigenvalue weighted by Crippen LogP contribution is 2.51. The zero-order chi connectivity index (χ0) is 25.9. The molecule has 190 valence electrons. The number of nitrogens with zero attached hydrogens (tertiary/aromatic N) is 1. The molecule has 2 aromatic carbocycles. The predicted molar refractivity (Wildman–Crippen MR) is 154 cm³/mol. The number of aromatic hydroxyl groups is 1. The van der Waals surface area contributed by atoms with Gasteiger partial charge in [0.2, 0.25) is 0 Å². The summed E-state index contributed by atoms with van der Waals surface area (Å²) in [6.07, 6.45) is 4.69. The van der Waals surface area contributed by atoms with Crippen LogP contribution in [0.2, 0.25) is 0 Å². The molecular weight excluding hydrogens is 433 g/mol. The van der Waals surface area contributed by atoms with E-state index in [0.717, 1.165) is 24.1 Å². The third-order valence-electron chi connectivity index (χ3n) is 6.82. The van der Waals surface area contributed by atoms with Gasteiger partial charge in [-0.15, -0.1) is 0 Å². The highest BCUT2D eigenvalue weighted by atomic mass is 31.1. The van der Waals surface area contributed by atoms with Crippen molar-refractivity contribution in [1.29, 1.82) is 0 Å². The third-order valence-corrected chi connectivity index (χ3v) is 8.64. The Bertz CT molecular complexity index is 965. The fourth-order valence-electron chi connectivity index (χ4n) is 4.67. The molecule has 0 saturated heterocycles. The van der Waals surface area contributed by atoms with Crippen LogP contribution in [0, 0.1) is 6.92 Å². The van der Waals surface area contributed by atoms with E-state index >= 15 is 0 Å². The van der Waals surface area contributed by atoms with Gasteiger partial charge in [-0.25, -0.2) is 0 Å². The van der Waals surface area contributed by atoms with Crippen molar-refractivity contribution in [1.82, 2.24) is 4.90 Å². The topological polar surface area (TPSA) is 23.5 Å². The highest BCUT2D eigenvalue weighted by molar-refractivity contribution is 7.48. The fourth-order valence-corrected chi connectivity index (χ4v) is 6.37. The SMILES string of the molecule is CCCCCC(C)(Pc1ccc(C)cc1CN(C)C)c1cc(C(C)(C)C)cc(C(C)(C)C)c1O. The number of aryl methyl sites for hydroxylation is 1. The summed E-state index contributed by atoms with van der Waals surface area (Å²) in [6, 6.07) is 11.5. The summed E-state index contributed by atoms with van der Waals surface area (Å²) in [5.41, 5.74) is 6.14. The third kappa shape index (κ3) is 7.32. The van der Waals surface area contributed by atoms with Crippen molar-refractivity contribution in [3.8, 4) is 5.75 Å². The van der Waals surface area contributed by atoms with Crippen LogP contribution in [0.25, 0.3) is 0 Å². The first-order valence-electron chi connectivity index (χ1n) is 13.0. The molecule has 0 spiro atoms. The van der Waals surface area contributed by atoms with E-state index in [-0.39, 0.29) is 16.0 Å². The number of phenolic OH excluding ortho intramolecular Hbond substituents is 1. The quantitative estimate of drug-likeness (QED) is 0.287. The maximum absolute atomic E-state index is 11.7. The Hall–Kier alpha value is -1.37. The van der Waals surface area contributed by atoms with Crippen molar-refractivity contribution in [3.63, 3.8) is 0 Å². The van der Waals surface area contributed by atoms with E-state index in [2.05, 4.69) is 112 Å². The molecule has 0 amide bonds. The summed E-state index contributed by atoms with van der Waals surface area (Å²) in [5.74, 6) is 0.508. The van der Waals surface area contributed by atoms with Crippen molar-refractivity contribution in [2.75, 3.05) is 14.1 Å². The van der Waals surface area contributed by atoms with Crippen LogP contribution < -0.4 is 5.30 Å². The minimum Gasteiger partial charge on any atom is -0.507 e. The molecule has 0 aromatic heterocycles. The highest BCUT2D eigenvalue weighted by Gasteiger charge is 2.35. The second-order valence-electron chi connectivity index (χ2n) is 12.7. The maximum Gasteiger partial charge on any atom is 0.123 e. The molecule has 2 aromatic rings. The molecular formula is C31H50NOP. The van der Waals surface area contributed by atoms with Gasteiger partial charge in [-0.3, -0.25) is 0 Å². The van der Waals surface area contributed by atoms with Crippen molar-refractivity contribution >= 4 is 13.9 Å². The smallest absolute Gasteiger partial charge is 0.123 e. The van der Waals surface area contributed by atoms with E-state index in [1.54, 1.807) is 0 Å². The summed E-state index contributed by atoms with van der Waals surface area (Å²) in [7, 11) is 4.89. The van der Waals surface area contributed by atoms with Crippen LogP contribution in [0.5, 0.6) is 5.75 Å². The zero-order valence-electron chi connectivity index (χ0n) is 23.8. The van der Waals surface area contributed by atoms with Crippen LogP contribution in [-0.2, 0) is 22.5 Å². The molecule has 0 bridgehead atoms. The first-order valence-corrected chi connectivity index (χ1v) is 14.0. The molecule has 3 heteroatoms. The molecule has 1 N–H and O–H groups in total. The largest absolute Gasteiger partial charge is 0.507 e. The van der Waals surface area contributed by atoms with Crippen LogP contribution in [0.3, 0.4) is 0 Å². The summed E-state index contributed by atoms with van der Waals surface area (Å²) in [5, 5.41) is 13.1. The lowest BCUT2D eigenvalue weighted by atomic mass is 9.77. The average Bonchev–Trinajstić information content (AvgIpc) is 2.68. The second-order valence-corrected chi connectivity index (χ2v) is 14.6. The monoisotopic (exact) mass is 483 g/mol. The first-order chi connectivity index (χ1) is 15.6. The lowest BCUT2D eigenvalue weighted by Crippen LogP contribution is -2.26. The second kappa shape index (κ2) is 11.1. The van der Waals surface area contributed by atoms with E-state index in [1.807, 2.05) is 0 Å². The van der Waals surface area contributed by atoms with Crippen molar-refractivity contribution in [3.05, 3.63) is 58.1 Å². The van der Waals surface area contributed by atoms with Crippen LogP contribution in [-0.4, -0.2) is 24.1 Å². The molecule has 34 heavy (non-hydrogen) atoms. The molecule has 0 heterocycles. The lowest BCUT2D eigenvalue weighted by Gasteiger charge is -2.36. The normalized spacial score (nSPS) is 14.8. The van der Waals surface area contributed by atoms with Crippen molar-refractivity contribution in [2.45, 2.75) is 111 Å². The fraction of sp³-hybridized carbons (Fsp3) is 0.613. The Morgan fingerprint density at radius 3 is 2.00 bits per heavy atom. The Labute approximate surface area is 212 Å². The molecule has 0 aliphatic carbocycles. The number of hydrogen-bond acceptors (Lipinski definition) is 2. The summed E-state index contributed by atoms with van der Waals surface area (Å²) < 4.78 is 0. The van der Waals surface area contributed by atoms with E-state index in [9.17, 15) is 5.11 Å². The number of benzene rings is 2. The van der Waals surface area contributed by atoms with Gasteiger partial charge in [0, 0.05) is 17.3 Å². The summed E-state index contributed by atoms with van der Waals surface area (Å²) >= 11 is 0. The van der Waals surface area contributed by atoms with Gasteiger partial charge >= 0.3 is 0 Å². The van der Waals surface area contributed by atoms with Crippen molar-refractivity contribution in [2.24, 2.45) is 0 Å². The molecule has 0 radical (unpaired) electrons. The lowest BCUT2D eigenvalue weighted by molar-refractivity contribution is 0.403. The number of rotatable bonds is 9. The Balaban J connectivity index is 2.74. The van der Waals surface area contributed by atoms with Gasteiger partial charge in [-0.2, -0.15) is 0 Å². The van der Waals surface area contributed by atoms with Gasteiger partial charge in [-0.1, -0.05) is 119 Å². The zero-order valence-corrected chi connectivity index (χ0v) is 24.8. The standard InChI is InChI=1S/C31H50NOP/c1-12-13-14-17-31(9,34-27-16-15-22(2)18-23(27)21-32(10)11)26-20-24(29(3,4)5)19-25(28(26)33)30(6,7)8/h15-16,18-20,33-34H,12-14,17,21H2,1-11H3. The predicted octanol–water partition coefficient (Wildman–Crippen LogP) is 8.16. The van der Waals surface area contributed by atoms with Crippen LogP contribution >= 0.6 is 8.58 Å². The molecule has 0 fully saturated rings. The van der Waals surface area contributed by atoms with Crippen LogP contribution in [0.4, 0.5) is 0 Å². The molecule has 2 atom stereocenters. The molecule has 2 unspecified atom stereocenters. The Kier molecular flexibility index (Phi) is 9.45. The van der Waals surface area contributed by atoms with Gasteiger partial charge in [0.25, 0.3) is 0 Å². The molecule has 2 rings (SSSR count). The minimum atomic E-state index is -0.118. The van der Waals surface area contributed by atoms with Crippen LogP contribution in [0.15, 0.2) is 30.3 Å². The van der Waals surface area contributed by atoms with Gasteiger partial charge < -0.3 is 10.0 Å². The first kappa shape index (κ1) is 28.9. The van der Waals surface area contributed by atoms with E-state index < -0.39 is 0 Å². The molecule has 0 aliphatic heterocycles.